The van der Waals surface area contributed by atoms with Crippen molar-refractivity contribution in [3.63, 3.8) is 0 Å². The summed E-state index contributed by atoms with van der Waals surface area (Å²) in [6.45, 7) is 2.31. The van der Waals surface area contributed by atoms with Crippen LogP contribution in [-0.4, -0.2) is 54.0 Å². The molecule has 1 saturated heterocycles. The van der Waals surface area contributed by atoms with Gasteiger partial charge in [-0.05, 0) is 73.0 Å². The van der Waals surface area contributed by atoms with E-state index in [-0.39, 0.29) is 17.9 Å². The highest BCUT2D eigenvalue weighted by Crippen LogP contribution is 2.58. The van der Waals surface area contributed by atoms with Gasteiger partial charge in [-0.1, -0.05) is 116 Å². The van der Waals surface area contributed by atoms with Crippen molar-refractivity contribution in [1.29, 1.82) is 0 Å². The molecule has 0 bridgehead atoms. The van der Waals surface area contributed by atoms with E-state index in [1.807, 2.05) is 42.5 Å². The normalized spacial score (nSPS) is 16.3. The third-order valence-corrected chi connectivity index (χ3v) is 15.1. The lowest BCUT2D eigenvalue weighted by Crippen LogP contribution is -2.52. The lowest BCUT2D eigenvalue weighted by Gasteiger charge is -2.40. The monoisotopic (exact) mass is 715 g/mol. The number of ether oxygens (including phenoxy) is 1. The average molecular weight is 716 g/mol. The van der Waals surface area contributed by atoms with Crippen LogP contribution in [0.4, 0.5) is 0 Å². The molecule has 2 fully saturated rings. The topological polar surface area (TPSA) is 49.9 Å². The molecular formula is C44H45ClN2O3P+. The SMILES string of the molecule is O=C(c1ccccc1C[P+](c1ccccc1)(c1ccccc1)c1ccccc1)N(C(=O)C(c1ccc(Cl)cc1)N1CCOCC1)C1CCCCC1. The lowest BCUT2D eigenvalue weighted by atomic mass is 9.92. The van der Waals surface area contributed by atoms with Crippen LogP contribution >= 0.6 is 18.9 Å². The summed E-state index contributed by atoms with van der Waals surface area (Å²) in [5, 5.41) is 4.36. The smallest absolute Gasteiger partial charge is 0.261 e. The summed E-state index contributed by atoms with van der Waals surface area (Å²) in [6.07, 6.45) is 5.37. The Balaban J connectivity index is 1.35. The third kappa shape index (κ3) is 7.59. The van der Waals surface area contributed by atoms with Crippen LogP contribution in [-0.2, 0) is 15.7 Å². The molecule has 7 rings (SSSR count). The highest BCUT2D eigenvalue weighted by Gasteiger charge is 2.47. The number of amides is 2. The average Bonchev–Trinajstić information content (AvgIpc) is 3.20. The van der Waals surface area contributed by atoms with Gasteiger partial charge in [-0.3, -0.25) is 19.4 Å². The number of hydrogen-bond acceptors (Lipinski definition) is 4. The number of imide groups is 1. The first kappa shape index (κ1) is 35.3. The summed E-state index contributed by atoms with van der Waals surface area (Å²) < 4.78 is 5.70. The molecule has 1 unspecified atom stereocenters. The number of halogens is 1. The zero-order valence-electron chi connectivity index (χ0n) is 28.9. The van der Waals surface area contributed by atoms with Gasteiger partial charge in [0.25, 0.3) is 11.8 Å². The van der Waals surface area contributed by atoms with E-state index in [0.717, 1.165) is 43.2 Å². The Kier molecular flexibility index (Phi) is 11.4. The molecule has 5 nitrogen and oxygen atoms in total. The first-order valence-corrected chi connectivity index (χ1v) is 20.5. The quantitative estimate of drug-likeness (QED) is 0.137. The minimum atomic E-state index is -2.31. The molecule has 260 valence electrons. The van der Waals surface area contributed by atoms with Crippen LogP contribution in [0.3, 0.4) is 0 Å². The second-order valence-electron chi connectivity index (χ2n) is 13.5. The molecule has 1 atom stereocenters. The second kappa shape index (κ2) is 16.5. The number of rotatable bonds is 10. The fraction of sp³-hybridized carbons (Fsp3) is 0.273. The zero-order valence-corrected chi connectivity index (χ0v) is 30.6. The molecule has 0 spiro atoms. The number of carbonyl (C=O) groups excluding carboxylic acids is 2. The van der Waals surface area contributed by atoms with Crippen LogP contribution in [0.1, 0.15) is 59.6 Å². The van der Waals surface area contributed by atoms with Crippen molar-refractivity contribution < 1.29 is 14.3 Å². The fourth-order valence-electron chi connectivity index (χ4n) is 7.93. The third-order valence-electron chi connectivity index (χ3n) is 10.5. The second-order valence-corrected chi connectivity index (χ2v) is 17.5. The van der Waals surface area contributed by atoms with E-state index >= 15 is 9.59 Å². The number of carbonyl (C=O) groups is 2. The summed E-state index contributed by atoms with van der Waals surface area (Å²) in [5.41, 5.74) is 2.39. The molecule has 1 aliphatic carbocycles. The molecule has 1 aliphatic heterocycles. The summed E-state index contributed by atoms with van der Waals surface area (Å²) in [5.74, 6) is -0.372. The lowest BCUT2D eigenvalue weighted by molar-refractivity contribution is -0.139. The van der Waals surface area contributed by atoms with E-state index in [1.165, 1.54) is 15.9 Å². The fourth-order valence-corrected chi connectivity index (χ4v) is 12.3. The van der Waals surface area contributed by atoms with Gasteiger partial charge < -0.3 is 4.74 Å². The number of benzene rings is 5. The summed E-state index contributed by atoms with van der Waals surface area (Å²) >= 11 is 6.32. The number of hydrogen-bond donors (Lipinski definition) is 0. The Morgan fingerprint density at radius 3 is 1.75 bits per heavy atom. The molecule has 1 saturated carbocycles. The summed E-state index contributed by atoms with van der Waals surface area (Å²) in [6, 6.07) is 47.0. The van der Waals surface area contributed by atoms with Crippen LogP contribution in [0.25, 0.3) is 0 Å². The van der Waals surface area contributed by atoms with E-state index in [9.17, 15) is 0 Å². The van der Waals surface area contributed by atoms with Crippen molar-refractivity contribution in [3.8, 4) is 0 Å². The van der Waals surface area contributed by atoms with Gasteiger partial charge in [0.05, 0.1) is 19.4 Å². The van der Waals surface area contributed by atoms with Gasteiger partial charge in [-0.15, -0.1) is 0 Å². The van der Waals surface area contributed by atoms with Crippen molar-refractivity contribution in [2.24, 2.45) is 0 Å². The van der Waals surface area contributed by atoms with E-state index in [2.05, 4.69) is 102 Å². The Morgan fingerprint density at radius 1 is 0.686 bits per heavy atom. The van der Waals surface area contributed by atoms with E-state index in [1.54, 1.807) is 4.90 Å². The predicted octanol–water partition coefficient (Wildman–Crippen LogP) is 8.21. The van der Waals surface area contributed by atoms with Crippen molar-refractivity contribution in [2.45, 2.75) is 50.3 Å². The van der Waals surface area contributed by atoms with Gasteiger partial charge >= 0.3 is 0 Å². The van der Waals surface area contributed by atoms with Crippen LogP contribution in [0, 0.1) is 0 Å². The van der Waals surface area contributed by atoms with E-state index in [4.69, 9.17) is 16.3 Å². The molecule has 0 aromatic heterocycles. The first-order valence-electron chi connectivity index (χ1n) is 18.1. The van der Waals surface area contributed by atoms with Crippen molar-refractivity contribution in [3.05, 3.63) is 161 Å². The van der Waals surface area contributed by atoms with Gasteiger partial charge in [-0.2, -0.15) is 0 Å². The number of morpholine rings is 1. The van der Waals surface area contributed by atoms with E-state index in [0.29, 0.717) is 43.1 Å². The minimum Gasteiger partial charge on any atom is -0.379 e. The van der Waals surface area contributed by atoms with Crippen LogP contribution < -0.4 is 15.9 Å². The summed E-state index contributed by atoms with van der Waals surface area (Å²) in [7, 11) is -2.31. The van der Waals surface area contributed by atoms with E-state index < -0.39 is 13.3 Å². The zero-order chi connectivity index (χ0) is 35.0. The molecule has 5 aromatic rings. The Morgan fingerprint density at radius 2 is 1.20 bits per heavy atom. The Bertz CT molecular complexity index is 1800. The maximum Gasteiger partial charge on any atom is 0.261 e. The highest BCUT2D eigenvalue weighted by molar-refractivity contribution is 7.95. The maximum absolute atomic E-state index is 15.3. The molecule has 2 aliphatic rings. The molecule has 5 aromatic carbocycles. The van der Waals surface area contributed by atoms with Crippen LogP contribution in [0.5, 0.6) is 0 Å². The maximum atomic E-state index is 15.3. The molecule has 1 heterocycles. The predicted molar refractivity (Wildman–Crippen MR) is 210 cm³/mol. The van der Waals surface area contributed by atoms with Gasteiger partial charge in [-0.25, -0.2) is 0 Å². The highest BCUT2D eigenvalue weighted by atomic mass is 35.5. The van der Waals surface area contributed by atoms with Gasteiger partial charge in [0.1, 0.15) is 29.2 Å². The van der Waals surface area contributed by atoms with Crippen LogP contribution in [0.2, 0.25) is 5.02 Å². The molecule has 2 amide bonds. The van der Waals surface area contributed by atoms with Crippen LogP contribution in [0.15, 0.2) is 140 Å². The molecule has 0 N–H and O–H groups in total. The largest absolute Gasteiger partial charge is 0.379 e. The first-order chi connectivity index (χ1) is 25.1. The van der Waals surface area contributed by atoms with Gasteiger partial charge in [0, 0.05) is 35.3 Å². The van der Waals surface area contributed by atoms with Gasteiger partial charge in [0.2, 0.25) is 0 Å². The van der Waals surface area contributed by atoms with Gasteiger partial charge in [0.15, 0.2) is 0 Å². The Hall–Kier alpha value is -4.12. The molecule has 7 heteroatoms. The minimum absolute atomic E-state index is 0.166. The van der Waals surface area contributed by atoms with Crippen molar-refractivity contribution in [1.82, 2.24) is 9.80 Å². The summed E-state index contributed by atoms with van der Waals surface area (Å²) in [4.78, 5) is 34.3. The Labute approximate surface area is 307 Å². The molecule has 51 heavy (non-hydrogen) atoms. The standard InChI is InChI=1S/C44H45ClN2O3P/c45-36-27-25-34(26-28-36)42(46-29-31-50-32-30-46)44(49)47(37-16-5-1-6-17-37)43(48)41-24-14-13-15-35(41)33-51(38-18-7-2-8-19-38,39-20-9-3-10-21-39)40-22-11-4-12-23-40/h2-4,7-15,18-28,37,42H,1,5-6,16-17,29-33H2/q+1. The molecule has 0 radical (unpaired) electrons. The van der Waals surface area contributed by atoms with Crippen molar-refractivity contribution >= 4 is 46.6 Å². The number of nitrogens with zero attached hydrogens (tertiary/aromatic N) is 2. The van der Waals surface area contributed by atoms with Crippen molar-refractivity contribution in [2.75, 3.05) is 26.3 Å². The molecular weight excluding hydrogens is 671 g/mol.